The predicted octanol–water partition coefficient (Wildman–Crippen LogP) is 4.04. The van der Waals surface area contributed by atoms with Crippen LogP contribution in [0.5, 0.6) is 5.75 Å². The summed E-state index contributed by atoms with van der Waals surface area (Å²) in [5.74, 6) is 0.870. The zero-order chi connectivity index (χ0) is 13.8. The van der Waals surface area contributed by atoms with E-state index in [2.05, 4.69) is 15.9 Å². The molecule has 0 spiro atoms. The number of ether oxygens (including phenoxy) is 1. The maximum Gasteiger partial charge on any atom is 0.171 e. The van der Waals surface area contributed by atoms with E-state index >= 15 is 0 Å². The van der Waals surface area contributed by atoms with Crippen molar-refractivity contribution in [1.82, 2.24) is 0 Å². The molecule has 0 aliphatic heterocycles. The molecule has 0 bridgehead atoms. The van der Waals surface area contributed by atoms with Crippen LogP contribution >= 0.6 is 15.9 Å². The van der Waals surface area contributed by atoms with Gasteiger partial charge in [-0.1, -0.05) is 6.92 Å². The van der Waals surface area contributed by atoms with E-state index < -0.39 is 6.10 Å². The van der Waals surface area contributed by atoms with Crippen molar-refractivity contribution in [1.29, 1.82) is 0 Å². The van der Waals surface area contributed by atoms with Crippen LogP contribution < -0.4 is 10.5 Å². The Hall–Kier alpha value is -1.33. The maximum absolute atomic E-state index is 13.2. The molecule has 0 radical (unpaired) electrons. The second-order valence-corrected chi connectivity index (χ2v) is 5.06. The second-order valence-electron chi connectivity index (χ2n) is 4.20. The Kier molecular flexibility index (Phi) is 4.61. The van der Waals surface area contributed by atoms with Crippen LogP contribution in [0, 0.1) is 5.82 Å². The SMILES string of the molecule is CCC(N)C(Oc1ccc(F)c(Br)c1)c1ccco1. The van der Waals surface area contributed by atoms with Crippen molar-refractivity contribution >= 4 is 15.9 Å². The van der Waals surface area contributed by atoms with E-state index in [-0.39, 0.29) is 11.9 Å². The topological polar surface area (TPSA) is 48.4 Å². The summed E-state index contributed by atoms with van der Waals surface area (Å²) in [6, 6.07) is 7.89. The van der Waals surface area contributed by atoms with Gasteiger partial charge in [-0.3, -0.25) is 0 Å². The summed E-state index contributed by atoms with van der Waals surface area (Å²) >= 11 is 3.13. The molecule has 1 heterocycles. The number of benzene rings is 1. The van der Waals surface area contributed by atoms with E-state index in [0.717, 1.165) is 6.42 Å². The lowest BCUT2D eigenvalue weighted by molar-refractivity contribution is 0.144. The fourth-order valence-electron chi connectivity index (χ4n) is 1.72. The van der Waals surface area contributed by atoms with Gasteiger partial charge in [0, 0.05) is 6.04 Å². The van der Waals surface area contributed by atoms with Crippen LogP contribution in [-0.4, -0.2) is 6.04 Å². The van der Waals surface area contributed by atoms with Crippen molar-refractivity contribution in [3.63, 3.8) is 0 Å². The van der Waals surface area contributed by atoms with E-state index in [1.165, 1.54) is 6.07 Å². The minimum Gasteiger partial charge on any atom is -0.481 e. The minimum atomic E-state index is -0.391. The Morgan fingerprint density at radius 2 is 2.21 bits per heavy atom. The Morgan fingerprint density at radius 3 is 2.79 bits per heavy atom. The van der Waals surface area contributed by atoms with Crippen LogP contribution in [0.3, 0.4) is 0 Å². The highest BCUT2D eigenvalue weighted by atomic mass is 79.9. The average molecular weight is 328 g/mol. The third-order valence-electron chi connectivity index (χ3n) is 2.84. The molecule has 102 valence electrons. The van der Waals surface area contributed by atoms with Crippen LogP contribution in [0.2, 0.25) is 0 Å². The first-order chi connectivity index (χ1) is 9.11. The Bertz CT molecular complexity index is 530. The van der Waals surface area contributed by atoms with Crippen molar-refractivity contribution in [3.05, 3.63) is 52.6 Å². The maximum atomic E-state index is 13.2. The highest BCUT2D eigenvalue weighted by Gasteiger charge is 2.23. The van der Waals surface area contributed by atoms with E-state index in [1.807, 2.05) is 13.0 Å². The normalized spacial score (nSPS) is 14.1. The van der Waals surface area contributed by atoms with Crippen molar-refractivity contribution in [3.8, 4) is 5.75 Å². The molecule has 2 N–H and O–H groups in total. The minimum absolute atomic E-state index is 0.199. The average Bonchev–Trinajstić information content (AvgIpc) is 2.93. The van der Waals surface area contributed by atoms with Crippen molar-refractivity contribution in [2.75, 3.05) is 0 Å². The van der Waals surface area contributed by atoms with Gasteiger partial charge >= 0.3 is 0 Å². The monoisotopic (exact) mass is 327 g/mol. The number of furan rings is 1. The number of nitrogens with two attached hydrogens (primary N) is 1. The van der Waals surface area contributed by atoms with E-state index in [1.54, 1.807) is 24.5 Å². The molecule has 0 amide bonds. The largest absolute Gasteiger partial charge is 0.481 e. The summed E-state index contributed by atoms with van der Waals surface area (Å²) in [4.78, 5) is 0. The number of rotatable bonds is 5. The molecule has 2 atom stereocenters. The van der Waals surface area contributed by atoms with Gasteiger partial charge < -0.3 is 14.9 Å². The second kappa shape index (κ2) is 6.21. The van der Waals surface area contributed by atoms with Crippen LogP contribution in [0.25, 0.3) is 0 Å². The van der Waals surface area contributed by atoms with Gasteiger partial charge in [0.1, 0.15) is 17.3 Å². The molecule has 2 rings (SSSR count). The number of hydrogen-bond donors (Lipinski definition) is 1. The Morgan fingerprint density at radius 1 is 1.42 bits per heavy atom. The molecule has 5 heteroatoms. The number of hydrogen-bond acceptors (Lipinski definition) is 3. The fraction of sp³-hybridized carbons (Fsp3) is 0.286. The lowest BCUT2D eigenvalue weighted by atomic mass is 10.1. The molecule has 2 aromatic rings. The molecular formula is C14H15BrFNO2. The van der Waals surface area contributed by atoms with E-state index in [9.17, 15) is 4.39 Å². The zero-order valence-corrected chi connectivity index (χ0v) is 12.1. The first kappa shape index (κ1) is 14.1. The molecule has 1 aromatic carbocycles. The van der Waals surface area contributed by atoms with Crippen molar-refractivity contribution in [2.24, 2.45) is 5.73 Å². The van der Waals surface area contributed by atoms with Gasteiger partial charge in [0.05, 0.1) is 10.7 Å². The molecular weight excluding hydrogens is 313 g/mol. The molecule has 3 nitrogen and oxygen atoms in total. The summed E-state index contributed by atoms with van der Waals surface area (Å²) in [6.07, 6.45) is 1.93. The summed E-state index contributed by atoms with van der Waals surface area (Å²) in [6.45, 7) is 1.98. The lowest BCUT2D eigenvalue weighted by Crippen LogP contribution is -2.31. The van der Waals surface area contributed by atoms with Crippen LogP contribution in [0.4, 0.5) is 4.39 Å². The first-order valence-corrected chi connectivity index (χ1v) is 6.81. The summed E-state index contributed by atoms with van der Waals surface area (Å²) in [5, 5.41) is 0. The molecule has 0 saturated heterocycles. The third-order valence-corrected chi connectivity index (χ3v) is 3.45. The standard InChI is InChI=1S/C14H15BrFNO2/c1-2-12(17)14(13-4-3-7-18-13)19-9-5-6-11(16)10(15)8-9/h3-8,12,14H,2,17H2,1H3. The zero-order valence-electron chi connectivity index (χ0n) is 10.5. The summed E-state index contributed by atoms with van der Waals surface area (Å²) < 4.78 is 24.7. The quantitative estimate of drug-likeness (QED) is 0.901. The first-order valence-electron chi connectivity index (χ1n) is 6.02. The molecule has 19 heavy (non-hydrogen) atoms. The third kappa shape index (κ3) is 3.36. The van der Waals surface area contributed by atoms with E-state index in [0.29, 0.717) is 16.0 Å². The highest BCUT2D eigenvalue weighted by Crippen LogP contribution is 2.28. The van der Waals surface area contributed by atoms with Crippen molar-refractivity contribution < 1.29 is 13.5 Å². The predicted molar refractivity (Wildman–Crippen MR) is 74.4 cm³/mol. The molecule has 0 fully saturated rings. The molecule has 0 aliphatic rings. The summed E-state index contributed by atoms with van der Waals surface area (Å²) in [7, 11) is 0. The van der Waals surface area contributed by atoms with Crippen LogP contribution in [0.15, 0.2) is 45.5 Å². The molecule has 1 aromatic heterocycles. The Labute approximate surface area is 119 Å². The van der Waals surface area contributed by atoms with Crippen LogP contribution in [-0.2, 0) is 0 Å². The van der Waals surface area contributed by atoms with Crippen LogP contribution in [0.1, 0.15) is 25.2 Å². The highest BCUT2D eigenvalue weighted by molar-refractivity contribution is 9.10. The van der Waals surface area contributed by atoms with E-state index in [4.69, 9.17) is 14.9 Å². The van der Waals surface area contributed by atoms with Gasteiger partial charge in [-0.25, -0.2) is 4.39 Å². The Balaban J connectivity index is 2.23. The van der Waals surface area contributed by atoms with Gasteiger partial charge in [0.15, 0.2) is 6.10 Å². The number of halogens is 2. The van der Waals surface area contributed by atoms with Crippen molar-refractivity contribution in [2.45, 2.75) is 25.5 Å². The van der Waals surface area contributed by atoms with Gasteiger partial charge in [0.25, 0.3) is 0 Å². The lowest BCUT2D eigenvalue weighted by Gasteiger charge is -2.22. The van der Waals surface area contributed by atoms with Gasteiger partial charge in [-0.2, -0.15) is 0 Å². The van der Waals surface area contributed by atoms with Gasteiger partial charge in [-0.05, 0) is 52.7 Å². The smallest absolute Gasteiger partial charge is 0.171 e. The molecule has 2 unspecified atom stereocenters. The molecule has 0 aliphatic carbocycles. The fourth-order valence-corrected chi connectivity index (χ4v) is 2.08. The van der Waals surface area contributed by atoms with Gasteiger partial charge in [-0.15, -0.1) is 0 Å². The molecule has 0 saturated carbocycles. The summed E-state index contributed by atoms with van der Waals surface area (Å²) in [5.41, 5.74) is 6.05. The van der Waals surface area contributed by atoms with Gasteiger partial charge in [0.2, 0.25) is 0 Å².